The van der Waals surface area contributed by atoms with Crippen LogP contribution < -0.4 is 11.1 Å². The van der Waals surface area contributed by atoms with Gasteiger partial charge >= 0.3 is 0 Å². The van der Waals surface area contributed by atoms with Gasteiger partial charge in [0.1, 0.15) is 0 Å². The second kappa shape index (κ2) is 7.42. The third kappa shape index (κ3) is 5.30. The van der Waals surface area contributed by atoms with Crippen LogP contribution in [0.1, 0.15) is 12.0 Å². The zero-order valence-corrected chi connectivity index (χ0v) is 11.4. The van der Waals surface area contributed by atoms with Crippen LogP contribution in [-0.4, -0.2) is 25.7 Å². The van der Waals surface area contributed by atoms with Gasteiger partial charge in [-0.05, 0) is 24.1 Å². The van der Waals surface area contributed by atoms with E-state index < -0.39 is 6.04 Å². The number of carbonyl (C=O) groups excluding carboxylic acids is 1. The molecule has 0 saturated carbocycles. The van der Waals surface area contributed by atoms with Crippen LogP contribution in [0, 0.1) is 0 Å². The molecule has 1 amide bonds. The van der Waals surface area contributed by atoms with Crippen molar-refractivity contribution in [3.63, 3.8) is 0 Å². The smallest absolute Gasteiger partial charge is 0.237 e. The fraction of sp³-hybridized carbons (Fsp3) is 0.417. The minimum absolute atomic E-state index is 0.151. The fourth-order valence-electron chi connectivity index (χ4n) is 1.34. The average Bonchev–Trinajstić information content (AvgIpc) is 2.33. The number of hydrogen-bond donors (Lipinski definition) is 2. The number of rotatable bonds is 6. The van der Waals surface area contributed by atoms with Gasteiger partial charge in [-0.25, -0.2) is 0 Å². The van der Waals surface area contributed by atoms with E-state index in [0.717, 1.165) is 10.0 Å². The molecule has 5 heteroatoms. The molecule has 0 radical (unpaired) electrons. The Morgan fingerprint density at radius 1 is 1.59 bits per heavy atom. The summed E-state index contributed by atoms with van der Waals surface area (Å²) < 4.78 is 5.87. The van der Waals surface area contributed by atoms with Gasteiger partial charge in [-0.15, -0.1) is 0 Å². The first-order valence-electron chi connectivity index (χ1n) is 5.40. The summed E-state index contributed by atoms with van der Waals surface area (Å²) in [4.78, 5) is 11.6. The van der Waals surface area contributed by atoms with Crippen molar-refractivity contribution in [1.29, 1.82) is 0 Å². The highest BCUT2D eigenvalue weighted by Crippen LogP contribution is 2.11. The van der Waals surface area contributed by atoms with E-state index in [-0.39, 0.29) is 5.91 Å². The summed E-state index contributed by atoms with van der Waals surface area (Å²) in [5, 5.41) is 2.79. The lowest BCUT2D eigenvalue weighted by Crippen LogP contribution is -2.40. The van der Waals surface area contributed by atoms with Crippen LogP contribution >= 0.6 is 15.9 Å². The summed E-state index contributed by atoms with van der Waals surface area (Å²) in [5.74, 6) is -0.151. The van der Waals surface area contributed by atoms with E-state index in [9.17, 15) is 4.79 Å². The lowest BCUT2D eigenvalue weighted by atomic mass is 10.2. The lowest BCUT2D eigenvalue weighted by molar-refractivity contribution is -0.122. The molecule has 0 heterocycles. The van der Waals surface area contributed by atoms with Crippen LogP contribution in [0.2, 0.25) is 0 Å². The Morgan fingerprint density at radius 3 is 3.00 bits per heavy atom. The van der Waals surface area contributed by atoms with Gasteiger partial charge in [0, 0.05) is 24.7 Å². The van der Waals surface area contributed by atoms with E-state index in [1.54, 1.807) is 7.11 Å². The Labute approximate surface area is 110 Å². The van der Waals surface area contributed by atoms with Crippen LogP contribution in [0.4, 0.5) is 0 Å². The molecule has 1 atom stereocenters. The molecular weight excluding hydrogens is 284 g/mol. The lowest BCUT2D eigenvalue weighted by Gasteiger charge is -2.11. The first-order valence-corrected chi connectivity index (χ1v) is 6.19. The Balaban J connectivity index is 2.37. The highest BCUT2D eigenvalue weighted by molar-refractivity contribution is 9.10. The minimum atomic E-state index is -0.512. The van der Waals surface area contributed by atoms with Crippen LogP contribution in [0.5, 0.6) is 0 Å². The predicted octanol–water partition coefficient (Wildman–Crippen LogP) is 1.43. The van der Waals surface area contributed by atoms with Gasteiger partial charge in [0.15, 0.2) is 0 Å². The topological polar surface area (TPSA) is 64.3 Å². The molecular formula is C12H17BrN2O2. The molecule has 0 spiro atoms. The monoisotopic (exact) mass is 300 g/mol. The van der Waals surface area contributed by atoms with Crippen molar-refractivity contribution in [3.05, 3.63) is 34.3 Å². The zero-order chi connectivity index (χ0) is 12.7. The number of amides is 1. The summed E-state index contributed by atoms with van der Waals surface area (Å²) in [6.07, 6.45) is 0.529. The molecule has 0 saturated heterocycles. The normalized spacial score (nSPS) is 12.2. The van der Waals surface area contributed by atoms with E-state index >= 15 is 0 Å². The summed E-state index contributed by atoms with van der Waals surface area (Å²) in [6, 6.07) is 7.26. The first kappa shape index (κ1) is 14.2. The van der Waals surface area contributed by atoms with Gasteiger partial charge < -0.3 is 15.8 Å². The highest BCUT2D eigenvalue weighted by atomic mass is 79.9. The van der Waals surface area contributed by atoms with E-state index in [0.29, 0.717) is 19.6 Å². The fourth-order valence-corrected chi connectivity index (χ4v) is 1.79. The Morgan fingerprint density at radius 2 is 2.35 bits per heavy atom. The maximum absolute atomic E-state index is 11.6. The molecule has 0 aromatic heterocycles. The van der Waals surface area contributed by atoms with Gasteiger partial charge in [-0.2, -0.15) is 0 Å². The molecule has 1 unspecified atom stereocenters. The number of halogens is 1. The molecule has 0 fully saturated rings. The number of hydrogen-bond acceptors (Lipinski definition) is 3. The minimum Gasteiger partial charge on any atom is -0.385 e. The summed E-state index contributed by atoms with van der Waals surface area (Å²) in [6.45, 7) is 0.977. The van der Waals surface area contributed by atoms with Gasteiger partial charge in [-0.3, -0.25) is 4.79 Å². The van der Waals surface area contributed by atoms with E-state index in [1.165, 1.54) is 0 Å². The molecule has 1 aromatic rings. The molecule has 94 valence electrons. The standard InChI is InChI=1S/C12H17BrN2O2/c1-17-6-5-11(14)12(16)15-8-9-3-2-4-10(13)7-9/h2-4,7,11H,5-6,8,14H2,1H3,(H,15,16). The van der Waals surface area contributed by atoms with Crippen molar-refractivity contribution < 1.29 is 9.53 Å². The SMILES string of the molecule is COCCC(N)C(=O)NCc1cccc(Br)c1. The molecule has 1 aromatic carbocycles. The maximum atomic E-state index is 11.6. The van der Waals surface area contributed by atoms with Crippen LogP contribution in [0.3, 0.4) is 0 Å². The highest BCUT2D eigenvalue weighted by Gasteiger charge is 2.12. The molecule has 3 N–H and O–H groups in total. The number of ether oxygens (including phenoxy) is 1. The Bertz CT molecular complexity index is 371. The molecule has 0 aliphatic carbocycles. The molecule has 0 aliphatic rings. The van der Waals surface area contributed by atoms with Crippen LogP contribution in [0.15, 0.2) is 28.7 Å². The molecule has 0 aliphatic heterocycles. The van der Waals surface area contributed by atoms with E-state index in [1.807, 2.05) is 24.3 Å². The van der Waals surface area contributed by atoms with Gasteiger partial charge in [0.25, 0.3) is 0 Å². The summed E-state index contributed by atoms with van der Waals surface area (Å²) in [5.41, 5.74) is 6.73. The van der Waals surface area contributed by atoms with Crippen LogP contribution in [0.25, 0.3) is 0 Å². The van der Waals surface area contributed by atoms with Crippen molar-refractivity contribution >= 4 is 21.8 Å². The van der Waals surface area contributed by atoms with Crippen molar-refractivity contribution in [2.24, 2.45) is 5.73 Å². The third-order valence-corrected chi connectivity index (χ3v) is 2.82. The molecule has 1 rings (SSSR count). The summed E-state index contributed by atoms with van der Waals surface area (Å²) >= 11 is 3.38. The molecule has 0 bridgehead atoms. The third-order valence-electron chi connectivity index (χ3n) is 2.33. The quantitative estimate of drug-likeness (QED) is 0.835. The number of benzene rings is 1. The number of methoxy groups -OCH3 is 1. The number of nitrogens with one attached hydrogen (secondary N) is 1. The number of nitrogens with two attached hydrogens (primary N) is 1. The van der Waals surface area contributed by atoms with Crippen molar-refractivity contribution in [2.45, 2.75) is 19.0 Å². The van der Waals surface area contributed by atoms with Crippen molar-refractivity contribution in [1.82, 2.24) is 5.32 Å². The van der Waals surface area contributed by atoms with Crippen LogP contribution in [-0.2, 0) is 16.1 Å². The van der Waals surface area contributed by atoms with Crippen molar-refractivity contribution in [3.8, 4) is 0 Å². The Kier molecular flexibility index (Phi) is 6.18. The van der Waals surface area contributed by atoms with Gasteiger partial charge in [0.2, 0.25) is 5.91 Å². The van der Waals surface area contributed by atoms with E-state index in [2.05, 4.69) is 21.2 Å². The average molecular weight is 301 g/mol. The molecule has 17 heavy (non-hydrogen) atoms. The Hall–Kier alpha value is -0.910. The largest absolute Gasteiger partial charge is 0.385 e. The zero-order valence-electron chi connectivity index (χ0n) is 9.78. The van der Waals surface area contributed by atoms with Crippen molar-refractivity contribution in [2.75, 3.05) is 13.7 Å². The first-order chi connectivity index (χ1) is 8.13. The molecule has 4 nitrogen and oxygen atoms in total. The predicted molar refractivity (Wildman–Crippen MR) is 70.5 cm³/mol. The maximum Gasteiger partial charge on any atom is 0.237 e. The van der Waals surface area contributed by atoms with E-state index in [4.69, 9.17) is 10.5 Å². The number of carbonyl (C=O) groups is 1. The van der Waals surface area contributed by atoms with Gasteiger partial charge in [0.05, 0.1) is 6.04 Å². The van der Waals surface area contributed by atoms with Gasteiger partial charge in [-0.1, -0.05) is 28.1 Å². The second-order valence-corrected chi connectivity index (χ2v) is 4.65. The second-order valence-electron chi connectivity index (χ2n) is 3.74. The summed E-state index contributed by atoms with van der Waals surface area (Å²) in [7, 11) is 1.59.